The topological polar surface area (TPSA) is 88.2 Å². The van der Waals surface area contributed by atoms with Gasteiger partial charge in [0.1, 0.15) is 5.82 Å². The Morgan fingerprint density at radius 1 is 1.00 bits per heavy atom. The molecule has 0 saturated carbocycles. The predicted octanol–water partition coefficient (Wildman–Crippen LogP) is 5.83. The van der Waals surface area contributed by atoms with Crippen LogP contribution in [0.2, 0.25) is 0 Å². The van der Waals surface area contributed by atoms with Gasteiger partial charge in [0.05, 0.1) is 19.3 Å². The van der Waals surface area contributed by atoms with E-state index < -0.39 is 15.8 Å². The van der Waals surface area contributed by atoms with E-state index in [2.05, 4.69) is 31.0 Å². The predicted molar refractivity (Wildman–Crippen MR) is 125 cm³/mol. The van der Waals surface area contributed by atoms with Crippen LogP contribution in [0.15, 0.2) is 74.7 Å². The van der Waals surface area contributed by atoms with Crippen LogP contribution in [0, 0.1) is 5.82 Å². The maximum Gasteiger partial charge on any atom is 0.261 e. The summed E-state index contributed by atoms with van der Waals surface area (Å²) in [6, 6.07) is 14.3. The summed E-state index contributed by atoms with van der Waals surface area (Å²) in [6.07, 6.45) is 0. The zero-order valence-corrected chi connectivity index (χ0v) is 19.5. The van der Waals surface area contributed by atoms with Crippen molar-refractivity contribution in [1.29, 1.82) is 0 Å². The fourth-order valence-electron chi connectivity index (χ4n) is 2.58. The fraction of sp³-hybridized carbons (Fsp3) is 0. The van der Waals surface area contributed by atoms with Crippen molar-refractivity contribution in [3.05, 3.63) is 81.2 Å². The minimum Gasteiger partial charge on any atom is -0.298 e. The van der Waals surface area contributed by atoms with Gasteiger partial charge in [-0.3, -0.25) is 14.8 Å². The minimum absolute atomic E-state index is 0.0620. The molecule has 31 heavy (non-hydrogen) atoms. The van der Waals surface area contributed by atoms with Crippen LogP contribution in [0.3, 0.4) is 0 Å². The molecule has 2 N–H and O–H groups in total. The van der Waals surface area contributed by atoms with Crippen molar-refractivity contribution in [3.8, 4) is 10.6 Å². The number of carbonyl (C=O) groups is 1. The molecule has 0 radical (unpaired) electrons. The van der Waals surface area contributed by atoms with E-state index >= 15 is 0 Å². The number of sulfonamides is 1. The van der Waals surface area contributed by atoms with E-state index in [0.29, 0.717) is 10.7 Å². The standard InChI is InChI=1S/C20H13BrFN3O3S3/c21-18-10-9-17(30-18)16-11-29-20(23-16)24-19(26)12-1-5-14(6-2-12)25-31(27,28)15-7-3-13(22)4-8-15/h1-11,25H,(H,23,24,26). The summed E-state index contributed by atoms with van der Waals surface area (Å²) < 4.78 is 41.1. The van der Waals surface area contributed by atoms with Gasteiger partial charge in [0.25, 0.3) is 15.9 Å². The van der Waals surface area contributed by atoms with Crippen molar-refractivity contribution in [2.75, 3.05) is 10.0 Å². The summed E-state index contributed by atoms with van der Waals surface area (Å²) in [5, 5.41) is 5.07. The Morgan fingerprint density at radius 3 is 2.35 bits per heavy atom. The van der Waals surface area contributed by atoms with Gasteiger partial charge in [-0.05, 0) is 76.6 Å². The molecule has 4 rings (SSSR count). The molecule has 0 atom stereocenters. The molecule has 0 saturated heterocycles. The van der Waals surface area contributed by atoms with Crippen LogP contribution < -0.4 is 10.0 Å². The highest BCUT2D eigenvalue weighted by Gasteiger charge is 2.15. The normalized spacial score (nSPS) is 11.3. The largest absolute Gasteiger partial charge is 0.298 e. The van der Waals surface area contributed by atoms with Gasteiger partial charge in [-0.15, -0.1) is 22.7 Å². The molecule has 2 aromatic heterocycles. The maximum absolute atomic E-state index is 13.0. The van der Waals surface area contributed by atoms with E-state index in [4.69, 9.17) is 0 Å². The highest BCUT2D eigenvalue weighted by molar-refractivity contribution is 9.11. The molecule has 0 unspecified atom stereocenters. The van der Waals surface area contributed by atoms with Gasteiger partial charge in [0, 0.05) is 16.6 Å². The number of carbonyl (C=O) groups excluding carboxylic acids is 1. The SMILES string of the molecule is O=C(Nc1nc(-c2ccc(Br)s2)cs1)c1ccc(NS(=O)(=O)c2ccc(F)cc2)cc1. The van der Waals surface area contributed by atoms with Crippen molar-refractivity contribution < 1.29 is 17.6 Å². The maximum atomic E-state index is 13.0. The van der Waals surface area contributed by atoms with Crippen LogP contribution in [0.1, 0.15) is 10.4 Å². The molecule has 2 aromatic carbocycles. The number of thiophene rings is 1. The van der Waals surface area contributed by atoms with Crippen molar-refractivity contribution in [2.45, 2.75) is 4.90 Å². The van der Waals surface area contributed by atoms with Crippen molar-refractivity contribution >= 4 is 65.4 Å². The van der Waals surface area contributed by atoms with E-state index in [1.807, 2.05) is 17.5 Å². The van der Waals surface area contributed by atoms with Crippen molar-refractivity contribution in [1.82, 2.24) is 4.98 Å². The second-order valence-corrected chi connectivity index (χ2v) is 11.2. The van der Waals surface area contributed by atoms with Crippen LogP contribution in [0.4, 0.5) is 15.2 Å². The molecule has 1 amide bonds. The first kappa shape index (κ1) is 21.6. The molecule has 158 valence electrons. The Balaban J connectivity index is 1.42. The number of hydrogen-bond acceptors (Lipinski definition) is 6. The monoisotopic (exact) mass is 537 g/mol. The first-order chi connectivity index (χ1) is 14.8. The Kier molecular flexibility index (Phi) is 6.19. The number of hydrogen-bond donors (Lipinski definition) is 2. The third kappa shape index (κ3) is 5.18. The van der Waals surface area contributed by atoms with Crippen LogP contribution in [0.25, 0.3) is 10.6 Å². The number of thiazole rings is 1. The van der Waals surface area contributed by atoms with Gasteiger partial charge in [0.2, 0.25) is 0 Å². The lowest BCUT2D eigenvalue weighted by Gasteiger charge is -2.09. The second-order valence-electron chi connectivity index (χ2n) is 6.23. The Labute approximate surface area is 194 Å². The highest BCUT2D eigenvalue weighted by Crippen LogP contribution is 2.33. The molecular weight excluding hydrogens is 525 g/mol. The second kappa shape index (κ2) is 8.87. The average molecular weight is 538 g/mol. The molecule has 0 aliphatic heterocycles. The van der Waals surface area contributed by atoms with Gasteiger partial charge in [-0.25, -0.2) is 17.8 Å². The first-order valence-electron chi connectivity index (χ1n) is 8.71. The molecule has 4 aromatic rings. The summed E-state index contributed by atoms with van der Waals surface area (Å²) in [5.74, 6) is -0.883. The Bertz CT molecular complexity index is 1330. The first-order valence-corrected chi connectivity index (χ1v) is 12.7. The molecular formula is C20H13BrFN3O3S3. The van der Waals surface area contributed by atoms with Gasteiger partial charge in [-0.1, -0.05) is 0 Å². The summed E-state index contributed by atoms with van der Waals surface area (Å²) in [7, 11) is -3.86. The lowest BCUT2D eigenvalue weighted by Crippen LogP contribution is -2.14. The number of halogens is 2. The van der Waals surface area contributed by atoms with Gasteiger partial charge in [-0.2, -0.15) is 0 Å². The average Bonchev–Trinajstić information content (AvgIpc) is 3.37. The zero-order chi connectivity index (χ0) is 22.0. The highest BCUT2D eigenvalue weighted by atomic mass is 79.9. The Morgan fingerprint density at radius 2 is 1.71 bits per heavy atom. The fourth-order valence-corrected chi connectivity index (χ4v) is 5.77. The number of nitrogens with one attached hydrogen (secondary N) is 2. The Hall–Kier alpha value is -2.60. The summed E-state index contributed by atoms with van der Waals surface area (Å²) >= 11 is 6.28. The number of benzene rings is 2. The number of nitrogens with zero attached hydrogens (tertiary/aromatic N) is 1. The molecule has 0 bridgehead atoms. The minimum atomic E-state index is -3.86. The molecule has 11 heteroatoms. The summed E-state index contributed by atoms with van der Waals surface area (Å²) in [6.45, 7) is 0. The van der Waals surface area contributed by atoms with Crippen LogP contribution >= 0.6 is 38.6 Å². The van der Waals surface area contributed by atoms with Crippen molar-refractivity contribution in [2.24, 2.45) is 0 Å². The molecule has 0 aliphatic carbocycles. The number of aromatic nitrogens is 1. The van der Waals surface area contributed by atoms with Crippen molar-refractivity contribution in [3.63, 3.8) is 0 Å². The van der Waals surface area contributed by atoms with E-state index in [0.717, 1.165) is 26.5 Å². The zero-order valence-electron chi connectivity index (χ0n) is 15.5. The molecule has 0 aliphatic rings. The third-order valence-electron chi connectivity index (χ3n) is 4.07. The van der Waals surface area contributed by atoms with Gasteiger partial charge >= 0.3 is 0 Å². The smallest absolute Gasteiger partial charge is 0.261 e. The van der Waals surface area contributed by atoms with Crippen LogP contribution in [-0.2, 0) is 10.0 Å². The lowest BCUT2D eigenvalue weighted by molar-refractivity contribution is 0.102. The van der Waals surface area contributed by atoms with Gasteiger partial charge < -0.3 is 0 Å². The lowest BCUT2D eigenvalue weighted by atomic mass is 10.2. The van der Waals surface area contributed by atoms with E-state index in [1.165, 1.54) is 47.7 Å². The summed E-state index contributed by atoms with van der Waals surface area (Å²) in [5.41, 5.74) is 1.41. The third-order valence-corrected chi connectivity index (χ3v) is 7.87. The number of amides is 1. The molecule has 0 spiro atoms. The van der Waals surface area contributed by atoms with E-state index in [-0.39, 0.29) is 16.5 Å². The molecule has 0 fully saturated rings. The molecule has 6 nitrogen and oxygen atoms in total. The van der Waals surface area contributed by atoms with Crippen LogP contribution in [0.5, 0.6) is 0 Å². The molecule has 2 heterocycles. The number of anilines is 2. The quantitative estimate of drug-likeness (QED) is 0.324. The van der Waals surface area contributed by atoms with Crippen LogP contribution in [-0.4, -0.2) is 19.3 Å². The van der Waals surface area contributed by atoms with E-state index in [1.54, 1.807) is 11.3 Å². The number of rotatable bonds is 6. The summed E-state index contributed by atoms with van der Waals surface area (Å²) in [4.78, 5) is 17.8. The van der Waals surface area contributed by atoms with E-state index in [9.17, 15) is 17.6 Å². The van der Waals surface area contributed by atoms with Gasteiger partial charge in [0.15, 0.2) is 5.13 Å².